The highest BCUT2D eigenvalue weighted by Gasteiger charge is 2.30. The summed E-state index contributed by atoms with van der Waals surface area (Å²) in [6, 6.07) is 26.0. The third-order valence-corrected chi connectivity index (χ3v) is 6.80. The highest BCUT2D eigenvalue weighted by Crippen LogP contribution is 2.26. The number of nitrogens with one attached hydrogen (secondary N) is 1. The predicted molar refractivity (Wildman–Crippen MR) is 158 cm³/mol. The maximum atomic E-state index is 12.9. The molecule has 0 aliphatic heterocycles. The molecule has 9 heteroatoms. The molecule has 0 unspecified atom stereocenters. The van der Waals surface area contributed by atoms with Crippen LogP contribution in [0.4, 0.5) is 5.69 Å². The summed E-state index contributed by atoms with van der Waals surface area (Å²) in [7, 11) is 3.46. The quantitative estimate of drug-likeness (QED) is 0.239. The maximum absolute atomic E-state index is 12.9. The van der Waals surface area contributed by atoms with Gasteiger partial charge in [0.15, 0.2) is 11.4 Å². The van der Waals surface area contributed by atoms with E-state index in [1.165, 1.54) is 11.1 Å². The molecular weight excluding hydrogens is 516 g/mol. The first-order valence-electron chi connectivity index (χ1n) is 13.5. The Hall–Kier alpha value is -4.92. The topological polar surface area (TPSA) is 96.1 Å². The van der Waals surface area contributed by atoms with E-state index in [-0.39, 0.29) is 5.91 Å². The fourth-order valence-electron chi connectivity index (χ4n) is 4.49. The number of aryl methyl sites for hydroxylation is 3. The molecule has 0 aliphatic rings. The van der Waals surface area contributed by atoms with Gasteiger partial charge in [-0.2, -0.15) is 5.10 Å². The number of carbonyl (C=O) groups excluding carboxylic acids is 1. The van der Waals surface area contributed by atoms with E-state index in [0.29, 0.717) is 18.0 Å². The van der Waals surface area contributed by atoms with Gasteiger partial charge in [0.1, 0.15) is 17.3 Å². The van der Waals surface area contributed by atoms with Gasteiger partial charge >= 0.3 is 0 Å². The van der Waals surface area contributed by atoms with Crippen LogP contribution in [0.1, 0.15) is 30.8 Å². The molecule has 0 aliphatic carbocycles. The molecule has 210 valence electrons. The Bertz CT molecular complexity index is 1590. The Labute approximate surface area is 239 Å². The molecule has 0 atom stereocenters. The molecule has 5 rings (SSSR count). The monoisotopic (exact) mass is 550 g/mol. The van der Waals surface area contributed by atoms with Crippen molar-refractivity contribution in [2.24, 2.45) is 7.05 Å². The predicted octanol–water partition coefficient (Wildman–Crippen LogP) is 5.32. The van der Waals surface area contributed by atoms with E-state index >= 15 is 0 Å². The molecule has 3 aromatic carbocycles. The van der Waals surface area contributed by atoms with E-state index < -0.39 is 5.60 Å². The fraction of sp³-hybridized carbons (Fsp3) is 0.250. The number of carbonyl (C=O) groups is 1. The largest absolute Gasteiger partial charge is 0.497 e. The number of nitrogens with zero attached hydrogens (tertiary/aromatic N) is 5. The van der Waals surface area contributed by atoms with E-state index in [1.807, 2.05) is 54.6 Å². The summed E-state index contributed by atoms with van der Waals surface area (Å²) in [5, 5.41) is 16.1. The minimum Gasteiger partial charge on any atom is -0.497 e. The summed E-state index contributed by atoms with van der Waals surface area (Å²) >= 11 is 0. The smallest absolute Gasteiger partial charge is 0.268 e. The zero-order valence-corrected chi connectivity index (χ0v) is 23.7. The van der Waals surface area contributed by atoms with Crippen molar-refractivity contribution in [2.75, 3.05) is 12.4 Å². The molecule has 0 spiro atoms. The SMILES string of the molecule is COc1ccc(CCc2nnc(-c3ccc(OC(C)(C)C(=O)Nc4cnn(C)c4)cc3)n2Cc2ccccc2)cc1. The Kier molecular flexibility index (Phi) is 8.14. The molecule has 9 nitrogen and oxygen atoms in total. The number of rotatable bonds is 11. The lowest BCUT2D eigenvalue weighted by atomic mass is 10.1. The minimum atomic E-state index is -1.10. The van der Waals surface area contributed by atoms with Crippen molar-refractivity contribution in [3.63, 3.8) is 0 Å². The van der Waals surface area contributed by atoms with Crippen molar-refractivity contribution in [1.82, 2.24) is 24.5 Å². The lowest BCUT2D eigenvalue weighted by Crippen LogP contribution is -2.42. The molecule has 0 saturated carbocycles. The van der Waals surface area contributed by atoms with Gasteiger partial charge in [0.25, 0.3) is 5.91 Å². The molecule has 0 fully saturated rings. The second-order valence-electron chi connectivity index (χ2n) is 10.4. The second-order valence-corrected chi connectivity index (χ2v) is 10.4. The third-order valence-electron chi connectivity index (χ3n) is 6.80. The Balaban J connectivity index is 1.34. The Morgan fingerprint density at radius 2 is 1.59 bits per heavy atom. The van der Waals surface area contributed by atoms with Gasteiger partial charge in [0.05, 0.1) is 25.5 Å². The first-order valence-corrected chi connectivity index (χ1v) is 13.5. The van der Waals surface area contributed by atoms with Crippen molar-refractivity contribution >= 4 is 11.6 Å². The van der Waals surface area contributed by atoms with Gasteiger partial charge in [-0.05, 0) is 67.8 Å². The Morgan fingerprint density at radius 1 is 0.878 bits per heavy atom. The lowest BCUT2D eigenvalue weighted by Gasteiger charge is -2.25. The van der Waals surface area contributed by atoms with Crippen LogP contribution in [0.15, 0.2) is 91.3 Å². The van der Waals surface area contributed by atoms with E-state index in [1.54, 1.807) is 45.1 Å². The van der Waals surface area contributed by atoms with E-state index in [0.717, 1.165) is 35.8 Å². The molecule has 5 aromatic rings. The zero-order chi connectivity index (χ0) is 28.8. The van der Waals surface area contributed by atoms with Crippen LogP contribution in [0.3, 0.4) is 0 Å². The van der Waals surface area contributed by atoms with Gasteiger partial charge in [-0.15, -0.1) is 10.2 Å². The summed E-state index contributed by atoms with van der Waals surface area (Å²) in [4.78, 5) is 12.9. The number of hydrogen-bond acceptors (Lipinski definition) is 6. The number of anilines is 1. The van der Waals surface area contributed by atoms with Gasteiger partial charge in [-0.3, -0.25) is 9.48 Å². The average molecular weight is 551 g/mol. The molecule has 41 heavy (non-hydrogen) atoms. The summed E-state index contributed by atoms with van der Waals surface area (Å²) in [5.74, 6) is 2.84. The van der Waals surface area contributed by atoms with Gasteiger partial charge in [0.2, 0.25) is 0 Å². The summed E-state index contributed by atoms with van der Waals surface area (Å²) in [5.41, 5.74) is 2.80. The standard InChI is InChI=1S/C32H34N6O3/c1-32(2,31(39)34-26-20-33-37(3)22-26)41-28-17-13-25(14-18-28)30-36-35-29(38(30)21-24-8-6-5-7-9-24)19-12-23-10-15-27(40-4)16-11-23/h5-11,13-18,20,22H,12,19,21H2,1-4H3,(H,34,39). The van der Waals surface area contributed by atoms with Crippen molar-refractivity contribution in [1.29, 1.82) is 0 Å². The van der Waals surface area contributed by atoms with Crippen molar-refractivity contribution in [3.8, 4) is 22.9 Å². The van der Waals surface area contributed by atoms with Crippen LogP contribution < -0.4 is 14.8 Å². The van der Waals surface area contributed by atoms with Crippen molar-refractivity contribution in [3.05, 3.63) is 108 Å². The first-order chi connectivity index (χ1) is 19.8. The van der Waals surface area contributed by atoms with Crippen LogP contribution in [0.2, 0.25) is 0 Å². The molecule has 2 heterocycles. The number of aromatic nitrogens is 5. The number of methoxy groups -OCH3 is 1. The van der Waals surface area contributed by atoms with Gasteiger partial charge in [0, 0.05) is 25.2 Å². The average Bonchev–Trinajstić information content (AvgIpc) is 3.58. The third kappa shape index (κ3) is 6.81. The van der Waals surface area contributed by atoms with E-state index in [2.05, 4.69) is 49.4 Å². The molecule has 1 N–H and O–H groups in total. The number of hydrogen-bond donors (Lipinski definition) is 1. The Morgan fingerprint density at radius 3 is 2.24 bits per heavy atom. The summed E-state index contributed by atoms with van der Waals surface area (Å²) < 4.78 is 15.2. The molecular formula is C32H34N6O3. The van der Waals surface area contributed by atoms with Gasteiger partial charge < -0.3 is 19.4 Å². The van der Waals surface area contributed by atoms with Crippen molar-refractivity contribution < 1.29 is 14.3 Å². The van der Waals surface area contributed by atoms with Crippen LogP contribution >= 0.6 is 0 Å². The molecule has 1 amide bonds. The molecule has 0 bridgehead atoms. The first kappa shape index (κ1) is 27.6. The minimum absolute atomic E-state index is 0.265. The second kappa shape index (κ2) is 12.1. The van der Waals surface area contributed by atoms with Crippen molar-refractivity contribution in [2.45, 2.75) is 38.8 Å². The fourth-order valence-corrected chi connectivity index (χ4v) is 4.49. The molecule has 0 saturated heterocycles. The highest BCUT2D eigenvalue weighted by molar-refractivity contribution is 5.96. The number of amides is 1. The summed E-state index contributed by atoms with van der Waals surface area (Å²) in [6.45, 7) is 4.12. The zero-order valence-electron chi connectivity index (χ0n) is 23.7. The van der Waals surface area contributed by atoms with E-state index in [9.17, 15) is 4.79 Å². The highest BCUT2D eigenvalue weighted by atomic mass is 16.5. The van der Waals surface area contributed by atoms with Crippen LogP contribution in [-0.2, 0) is 31.2 Å². The molecule has 2 aromatic heterocycles. The van der Waals surface area contributed by atoms with Crippen LogP contribution in [0.25, 0.3) is 11.4 Å². The maximum Gasteiger partial charge on any atom is 0.268 e. The number of ether oxygens (including phenoxy) is 2. The van der Waals surface area contributed by atoms with E-state index in [4.69, 9.17) is 9.47 Å². The van der Waals surface area contributed by atoms with Crippen LogP contribution in [0, 0.1) is 0 Å². The molecule has 0 radical (unpaired) electrons. The van der Waals surface area contributed by atoms with Crippen LogP contribution in [-0.4, -0.2) is 43.2 Å². The number of benzene rings is 3. The summed E-state index contributed by atoms with van der Waals surface area (Å²) in [6.07, 6.45) is 4.91. The normalized spacial score (nSPS) is 11.3. The van der Waals surface area contributed by atoms with Gasteiger partial charge in [-0.1, -0.05) is 42.5 Å². The lowest BCUT2D eigenvalue weighted by molar-refractivity contribution is -0.128. The van der Waals surface area contributed by atoms with Crippen LogP contribution in [0.5, 0.6) is 11.5 Å². The van der Waals surface area contributed by atoms with Gasteiger partial charge in [-0.25, -0.2) is 0 Å².